The molecule has 0 aromatic heterocycles. The van der Waals surface area contributed by atoms with Gasteiger partial charge in [-0.1, -0.05) is 0 Å². The highest BCUT2D eigenvalue weighted by Crippen LogP contribution is 2.16. The monoisotopic (exact) mass is 263 g/mol. The molecule has 0 bridgehead atoms. The Labute approximate surface area is 111 Å². The van der Waals surface area contributed by atoms with E-state index in [-0.39, 0.29) is 17.5 Å². The van der Waals surface area contributed by atoms with Crippen LogP contribution in [0.4, 0.5) is 0 Å². The molecule has 1 heterocycles. The van der Waals surface area contributed by atoms with E-state index in [1.807, 2.05) is 6.92 Å². The van der Waals surface area contributed by atoms with Gasteiger partial charge in [0.1, 0.15) is 0 Å². The maximum Gasteiger partial charge on any atom is 0.335 e. The van der Waals surface area contributed by atoms with Gasteiger partial charge in [-0.2, -0.15) is 0 Å². The number of ether oxygens (including phenoxy) is 1. The predicted octanol–water partition coefficient (Wildman–Crippen LogP) is 1.54. The van der Waals surface area contributed by atoms with E-state index in [1.165, 1.54) is 24.3 Å². The van der Waals surface area contributed by atoms with Gasteiger partial charge in [-0.3, -0.25) is 4.79 Å². The molecule has 1 saturated heterocycles. The van der Waals surface area contributed by atoms with Gasteiger partial charge in [0.25, 0.3) is 5.91 Å². The summed E-state index contributed by atoms with van der Waals surface area (Å²) in [5, 5.41) is 11.7. The van der Waals surface area contributed by atoms with Gasteiger partial charge in [0.2, 0.25) is 0 Å². The van der Waals surface area contributed by atoms with Crippen LogP contribution in [0.5, 0.6) is 0 Å². The molecule has 1 amide bonds. The van der Waals surface area contributed by atoms with Gasteiger partial charge in [-0.25, -0.2) is 4.79 Å². The lowest BCUT2D eigenvalue weighted by atomic mass is 10.0. The van der Waals surface area contributed by atoms with Gasteiger partial charge in [0.05, 0.1) is 12.2 Å². The summed E-state index contributed by atoms with van der Waals surface area (Å²) in [6.45, 7) is 3.39. The van der Waals surface area contributed by atoms with Crippen molar-refractivity contribution in [3.63, 3.8) is 0 Å². The Kier molecular flexibility index (Phi) is 4.16. The van der Waals surface area contributed by atoms with Gasteiger partial charge in [0.15, 0.2) is 0 Å². The van der Waals surface area contributed by atoms with Gasteiger partial charge in [0, 0.05) is 24.1 Å². The molecule has 2 N–H and O–H groups in total. The molecule has 0 unspecified atom stereocenters. The number of aromatic carboxylic acids is 1. The number of hydrogen-bond donors (Lipinski definition) is 2. The zero-order chi connectivity index (χ0) is 13.8. The molecule has 1 aliphatic heterocycles. The minimum atomic E-state index is -0.997. The molecule has 0 spiro atoms. The number of carboxylic acid groups (broad SMARTS) is 1. The lowest BCUT2D eigenvalue weighted by Gasteiger charge is -2.19. The summed E-state index contributed by atoms with van der Waals surface area (Å²) < 4.78 is 5.29. The van der Waals surface area contributed by atoms with E-state index in [9.17, 15) is 9.59 Å². The van der Waals surface area contributed by atoms with Crippen LogP contribution in [0.15, 0.2) is 24.3 Å². The van der Waals surface area contributed by atoms with Gasteiger partial charge >= 0.3 is 5.97 Å². The van der Waals surface area contributed by atoms with Crippen LogP contribution in [0.1, 0.15) is 34.1 Å². The summed E-state index contributed by atoms with van der Waals surface area (Å²) in [5.41, 5.74) is 0.643. The molecule has 1 aromatic rings. The summed E-state index contributed by atoms with van der Waals surface area (Å²) in [4.78, 5) is 22.7. The second kappa shape index (κ2) is 5.84. The van der Waals surface area contributed by atoms with Crippen LogP contribution >= 0.6 is 0 Å². The standard InChI is InChI=1S/C14H17NO4/c1-9(12-6-7-19-8-12)15-13(16)10-2-4-11(5-3-10)14(17)18/h2-5,9,12H,6-8H2,1H3,(H,15,16)(H,17,18)/t9-,12+/m0/s1. The number of carbonyl (C=O) groups excluding carboxylic acids is 1. The molecule has 0 saturated carbocycles. The van der Waals surface area contributed by atoms with Crippen LogP contribution in [0.25, 0.3) is 0 Å². The van der Waals surface area contributed by atoms with Crippen molar-refractivity contribution in [3.8, 4) is 0 Å². The fourth-order valence-corrected chi connectivity index (χ4v) is 2.12. The third kappa shape index (κ3) is 3.32. The van der Waals surface area contributed by atoms with Crippen molar-refractivity contribution in [1.82, 2.24) is 5.32 Å². The van der Waals surface area contributed by atoms with Crippen LogP contribution in [0, 0.1) is 5.92 Å². The molecule has 0 radical (unpaired) electrons. The number of benzene rings is 1. The number of amides is 1. The molecule has 102 valence electrons. The molecule has 0 aliphatic carbocycles. The maximum absolute atomic E-state index is 12.0. The molecular weight excluding hydrogens is 246 g/mol. The zero-order valence-corrected chi connectivity index (χ0v) is 10.8. The molecule has 2 atom stereocenters. The molecule has 19 heavy (non-hydrogen) atoms. The van der Waals surface area contributed by atoms with Crippen LogP contribution in [-0.2, 0) is 4.74 Å². The first-order valence-corrected chi connectivity index (χ1v) is 6.30. The van der Waals surface area contributed by atoms with Gasteiger partial charge < -0.3 is 15.2 Å². The third-order valence-electron chi connectivity index (χ3n) is 3.42. The minimum Gasteiger partial charge on any atom is -0.478 e. The van der Waals surface area contributed by atoms with E-state index in [1.54, 1.807) is 0 Å². The first-order chi connectivity index (χ1) is 9.08. The number of hydrogen-bond acceptors (Lipinski definition) is 3. The summed E-state index contributed by atoms with van der Waals surface area (Å²) in [5.74, 6) is -0.831. The lowest BCUT2D eigenvalue weighted by molar-refractivity contribution is 0.0696. The van der Waals surface area contributed by atoms with Crippen molar-refractivity contribution < 1.29 is 19.4 Å². The fraction of sp³-hybridized carbons (Fsp3) is 0.429. The van der Waals surface area contributed by atoms with Crippen LogP contribution in [0.3, 0.4) is 0 Å². The predicted molar refractivity (Wildman–Crippen MR) is 69.3 cm³/mol. The molecule has 5 nitrogen and oxygen atoms in total. The summed E-state index contributed by atoms with van der Waals surface area (Å²) >= 11 is 0. The van der Waals surface area contributed by atoms with Crippen molar-refractivity contribution in [2.75, 3.05) is 13.2 Å². The first kappa shape index (κ1) is 13.5. The topological polar surface area (TPSA) is 75.6 Å². The Morgan fingerprint density at radius 2 is 1.95 bits per heavy atom. The second-order valence-electron chi connectivity index (χ2n) is 4.77. The maximum atomic E-state index is 12.0. The molecule has 5 heteroatoms. The highest BCUT2D eigenvalue weighted by molar-refractivity contribution is 5.96. The first-order valence-electron chi connectivity index (χ1n) is 6.30. The summed E-state index contributed by atoms with van der Waals surface area (Å²) in [7, 11) is 0. The van der Waals surface area contributed by atoms with E-state index in [0.29, 0.717) is 18.1 Å². The number of nitrogens with one attached hydrogen (secondary N) is 1. The van der Waals surface area contributed by atoms with E-state index >= 15 is 0 Å². The fourth-order valence-electron chi connectivity index (χ4n) is 2.12. The number of carboxylic acids is 1. The Bertz CT molecular complexity index is 463. The zero-order valence-electron chi connectivity index (χ0n) is 10.8. The molecule has 1 fully saturated rings. The second-order valence-corrected chi connectivity index (χ2v) is 4.77. The number of rotatable bonds is 4. The van der Waals surface area contributed by atoms with Gasteiger partial charge in [-0.15, -0.1) is 0 Å². The summed E-state index contributed by atoms with van der Waals surface area (Å²) in [6, 6.07) is 5.96. The highest BCUT2D eigenvalue weighted by Gasteiger charge is 2.23. The lowest BCUT2D eigenvalue weighted by Crippen LogP contribution is -2.38. The SMILES string of the molecule is C[C@H](NC(=O)c1ccc(C(=O)O)cc1)[C@@H]1CCOC1. The van der Waals surface area contributed by atoms with Crippen LogP contribution < -0.4 is 5.32 Å². The number of carbonyl (C=O) groups is 2. The van der Waals surface area contributed by atoms with E-state index in [0.717, 1.165) is 13.0 Å². The highest BCUT2D eigenvalue weighted by atomic mass is 16.5. The van der Waals surface area contributed by atoms with E-state index in [2.05, 4.69) is 5.32 Å². The molecule has 2 rings (SSSR count). The Morgan fingerprint density at radius 1 is 1.32 bits per heavy atom. The van der Waals surface area contributed by atoms with Crippen molar-refractivity contribution in [1.29, 1.82) is 0 Å². The normalized spacial score (nSPS) is 19.9. The molecular formula is C14H17NO4. The Hall–Kier alpha value is -1.88. The van der Waals surface area contributed by atoms with E-state index in [4.69, 9.17) is 9.84 Å². The third-order valence-corrected chi connectivity index (χ3v) is 3.42. The van der Waals surface area contributed by atoms with Gasteiger partial charge in [-0.05, 0) is 37.6 Å². The van der Waals surface area contributed by atoms with Crippen molar-refractivity contribution in [2.24, 2.45) is 5.92 Å². The average molecular weight is 263 g/mol. The quantitative estimate of drug-likeness (QED) is 0.864. The Morgan fingerprint density at radius 3 is 2.47 bits per heavy atom. The van der Waals surface area contributed by atoms with Crippen LogP contribution in [0.2, 0.25) is 0 Å². The smallest absolute Gasteiger partial charge is 0.335 e. The molecule has 1 aromatic carbocycles. The largest absolute Gasteiger partial charge is 0.478 e. The molecule has 1 aliphatic rings. The Balaban J connectivity index is 1.97. The van der Waals surface area contributed by atoms with Crippen molar-refractivity contribution in [3.05, 3.63) is 35.4 Å². The summed E-state index contributed by atoms with van der Waals surface area (Å²) in [6.07, 6.45) is 0.958. The average Bonchev–Trinajstić information content (AvgIpc) is 2.92. The van der Waals surface area contributed by atoms with Crippen molar-refractivity contribution in [2.45, 2.75) is 19.4 Å². The van der Waals surface area contributed by atoms with E-state index < -0.39 is 5.97 Å². The minimum absolute atomic E-state index is 0.0501. The van der Waals surface area contributed by atoms with Crippen LogP contribution in [-0.4, -0.2) is 36.2 Å². The van der Waals surface area contributed by atoms with Crippen molar-refractivity contribution >= 4 is 11.9 Å².